The lowest BCUT2D eigenvalue weighted by Gasteiger charge is -2.20. The maximum atomic E-state index is 10.5. The molecule has 1 heterocycles. The molecule has 0 radical (unpaired) electrons. The summed E-state index contributed by atoms with van der Waals surface area (Å²) in [5.41, 5.74) is 2.26. The third kappa shape index (κ3) is 2.90. The molecule has 1 N–H and O–H groups in total. The van der Waals surface area contributed by atoms with Crippen molar-refractivity contribution in [2.24, 2.45) is 0 Å². The van der Waals surface area contributed by atoms with Crippen LogP contribution in [0.1, 0.15) is 24.0 Å². The van der Waals surface area contributed by atoms with Gasteiger partial charge in [0.05, 0.1) is 0 Å². The van der Waals surface area contributed by atoms with Gasteiger partial charge in [-0.05, 0) is 43.0 Å². The first-order valence-corrected chi connectivity index (χ1v) is 5.78. The van der Waals surface area contributed by atoms with Gasteiger partial charge in [-0.15, -0.1) is 0 Å². The second kappa shape index (κ2) is 5.08. The first-order chi connectivity index (χ1) is 8.16. The van der Waals surface area contributed by atoms with Gasteiger partial charge >= 0.3 is 5.97 Å². The molecule has 1 aromatic carbocycles. The van der Waals surface area contributed by atoms with Crippen LogP contribution in [0.5, 0.6) is 11.5 Å². The van der Waals surface area contributed by atoms with Crippen LogP contribution < -0.4 is 9.47 Å². The SMILES string of the molecule is Cc1cc2c(cc1CCCC(=O)O)OCCO2. The van der Waals surface area contributed by atoms with E-state index in [1.165, 1.54) is 0 Å². The fourth-order valence-electron chi connectivity index (χ4n) is 1.93. The smallest absolute Gasteiger partial charge is 0.303 e. The summed E-state index contributed by atoms with van der Waals surface area (Å²) >= 11 is 0. The van der Waals surface area contributed by atoms with Gasteiger partial charge in [0, 0.05) is 6.42 Å². The van der Waals surface area contributed by atoms with E-state index in [9.17, 15) is 4.79 Å². The second-order valence-corrected chi connectivity index (χ2v) is 4.17. The van der Waals surface area contributed by atoms with Crippen LogP contribution in [0.25, 0.3) is 0 Å². The number of benzene rings is 1. The van der Waals surface area contributed by atoms with Crippen molar-refractivity contribution in [3.63, 3.8) is 0 Å². The number of carboxylic acid groups (broad SMARTS) is 1. The molecule has 0 saturated heterocycles. The Balaban J connectivity index is 2.09. The van der Waals surface area contributed by atoms with Crippen molar-refractivity contribution < 1.29 is 19.4 Å². The molecule has 0 unspecified atom stereocenters. The molecule has 0 aromatic heterocycles. The molecule has 1 aliphatic rings. The molecule has 0 atom stereocenters. The molecule has 0 aliphatic carbocycles. The largest absolute Gasteiger partial charge is 0.486 e. The fourth-order valence-corrected chi connectivity index (χ4v) is 1.93. The number of hydrogen-bond donors (Lipinski definition) is 1. The lowest BCUT2D eigenvalue weighted by Crippen LogP contribution is -2.15. The highest BCUT2D eigenvalue weighted by Crippen LogP contribution is 2.33. The van der Waals surface area contributed by atoms with E-state index >= 15 is 0 Å². The summed E-state index contributed by atoms with van der Waals surface area (Å²) in [6, 6.07) is 3.93. The lowest BCUT2D eigenvalue weighted by molar-refractivity contribution is -0.137. The van der Waals surface area contributed by atoms with E-state index in [4.69, 9.17) is 14.6 Å². The monoisotopic (exact) mass is 236 g/mol. The molecule has 1 aliphatic heterocycles. The Morgan fingerprint density at radius 2 is 1.94 bits per heavy atom. The predicted molar refractivity (Wildman–Crippen MR) is 62.7 cm³/mol. The van der Waals surface area contributed by atoms with Gasteiger partial charge in [-0.3, -0.25) is 4.79 Å². The van der Waals surface area contributed by atoms with Crippen LogP contribution in [0.4, 0.5) is 0 Å². The predicted octanol–water partition coefficient (Wildman–Crippen LogP) is 2.17. The summed E-state index contributed by atoms with van der Waals surface area (Å²) in [5, 5.41) is 8.61. The number of aryl methyl sites for hydroxylation is 2. The van der Waals surface area contributed by atoms with Crippen molar-refractivity contribution in [1.29, 1.82) is 0 Å². The van der Waals surface area contributed by atoms with E-state index in [0.29, 0.717) is 19.6 Å². The Bertz CT molecular complexity index is 426. The fraction of sp³-hybridized carbons (Fsp3) is 0.462. The maximum Gasteiger partial charge on any atom is 0.303 e. The van der Waals surface area contributed by atoms with Gasteiger partial charge < -0.3 is 14.6 Å². The summed E-state index contributed by atoms with van der Waals surface area (Å²) < 4.78 is 11.0. The molecule has 0 fully saturated rings. The zero-order chi connectivity index (χ0) is 12.3. The number of aliphatic carboxylic acids is 1. The minimum Gasteiger partial charge on any atom is -0.486 e. The van der Waals surface area contributed by atoms with E-state index < -0.39 is 5.97 Å². The molecule has 0 spiro atoms. The molecular formula is C13H16O4. The Hall–Kier alpha value is -1.71. The lowest BCUT2D eigenvalue weighted by atomic mass is 10.0. The van der Waals surface area contributed by atoms with Crippen molar-refractivity contribution in [3.8, 4) is 11.5 Å². The van der Waals surface area contributed by atoms with Crippen LogP contribution in [-0.4, -0.2) is 24.3 Å². The number of carbonyl (C=O) groups is 1. The molecule has 0 saturated carbocycles. The highest BCUT2D eigenvalue weighted by molar-refractivity contribution is 5.66. The maximum absolute atomic E-state index is 10.5. The van der Waals surface area contributed by atoms with E-state index in [1.54, 1.807) is 0 Å². The average molecular weight is 236 g/mol. The van der Waals surface area contributed by atoms with E-state index in [0.717, 1.165) is 29.0 Å². The van der Waals surface area contributed by atoms with Crippen molar-refractivity contribution >= 4 is 5.97 Å². The zero-order valence-electron chi connectivity index (χ0n) is 9.86. The van der Waals surface area contributed by atoms with Crippen LogP contribution in [0, 0.1) is 6.92 Å². The van der Waals surface area contributed by atoms with E-state index in [2.05, 4.69) is 0 Å². The van der Waals surface area contributed by atoms with Crippen LogP contribution in [-0.2, 0) is 11.2 Å². The first-order valence-electron chi connectivity index (χ1n) is 5.78. The van der Waals surface area contributed by atoms with Crippen molar-refractivity contribution in [3.05, 3.63) is 23.3 Å². The van der Waals surface area contributed by atoms with Crippen LogP contribution in [0.2, 0.25) is 0 Å². The highest BCUT2D eigenvalue weighted by atomic mass is 16.6. The molecule has 1 aromatic rings. The molecule has 4 heteroatoms. The molecule has 17 heavy (non-hydrogen) atoms. The summed E-state index contributed by atoms with van der Waals surface area (Å²) in [6.07, 6.45) is 1.61. The van der Waals surface area contributed by atoms with Gasteiger partial charge in [-0.2, -0.15) is 0 Å². The highest BCUT2D eigenvalue weighted by Gasteiger charge is 2.14. The molecular weight excluding hydrogens is 220 g/mol. The molecule has 2 rings (SSSR count). The number of ether oxygens (including phenoxy) is 2. The Kier molecular flexibility index (Phi) is 3.52. The van der Waals surface area contributed by atoms with Gasteiger partial charge in [-0.25, -0.2) is 0 Å². The van der Waals surface area contributed by atoms with Gasteiger partial charge in [-0.1, -0.05) is 0 Å². The third-order valence-electron chi connectivity index (χ3n) is 2.84. The normalized spacial score (nSPS) is 13.5. The van der Waals surface area contributed by atoms with Gasteiger partial charge in [0.25, 0.3) is 0 Å². The quantitative estimate of drug-likeness (QED) is 0.870. The summed E-state index contributed by atoms with van der Waals surface area (Å²) in [4.78, 5) is 10.5. The zero-order valence-corrected chi connectivity index (χ0v) is 9.86. The van der Waals surface area contributed by atoms with E-state index in [1.807, 2.05) is 19.1 Å². The average Bonchev–Trinajstić information content (AvgIpc) is 2.29. The van der Waals surface area contributed by atoms with Crippen LogP contribution in [0.15, 0.2) is 12.1 Å². The Morgan fingerprint density at radius 1 is 1.29 bits per heavy atom. The number of fused-ring (bicyclic) bond motifs is 1. The van der Waals surface area contributed by atoms with Crippen molar-refractivity contribution in [2.45, 2.75) is 26.2 Å². The van der Waals surface area contributed by atoms with E-state index in [-0.39, 0.29) is 6.42 Å². The molecule has 0 amide bonds. The Morgan fingerprint density at radius 3 is 2.59 bits per heavy atom. The third-order valence-corrected chi connectivity index (χ3v) is 2.84. The van der Waals surface area contributed by atoms with Crippen molar-refractivity contribution in [2.75, 3.05) is 13.2 Å². The Labute approximate surface area is 100 Å². The number of carboxylic acids is 1. The number of hydrogen-bond acceptors (Lipinski definition) is 3. The summed E-state index contributed by atoms with van der Waals surface area (Å²) in [5.74, 6) is 0.808. The molecule has 0 bridgehead atoms. The van der Waals surface area contributed by atoms with Crippen LogP contribution >= 0.6 is 0 Å². The van der Waals surface area contributed by atoms with Gasteiger partial charge in [0.2, 0.25) is 0 Å². The number of rotatable bonds is 4. The van der Waals surface area contributed by atoms with Gasteiger partial charge in [0.1, 0.15) is 13.2 Å². The van der Waals surface area contributed by atoms with Crippen molar-refractivity contribution in [1.82, 2.24) is 0 Å². The van der Waals surface area contributed by atoms with Gasteiger partial charge in [0.15, 0.2) is 11.5 Å². The molecule has 92 valence electrons. The standard InChI is InChI=1S/C13H16O4/c1-9-7-11-12(17-6-5-16-11)8-10(9)3-2-4-13(14)15/h7-8H,2-6H2,1H3,(H,14,15). The summed E-state index contributed by atoms with van der Waals surface area (Å²) in [6.45, 7) is 3.17. The molecule has 4 nitrogen and oxygen atoms in total. The minimum absolute atomic E-state index is 0.202. The van der Waals surface area contributed by atoms with Crippen LogP contribution in [0.3, 0.4) is 0 Å². The topological polar surface area (TPSA) is 55.8 Å². The minimum atomic E-state index is -0.750. The second-order valence-electron chi connectivity index (χ2n) is 4.17. The summed E-state index contributed by atoms with van der Waals surface area (Å²) in [7, 11) is 0. The first kappa shape index (κ1) is 11.8.